The van der Waals surface area contributed by atoms with Gasteiger partial charge in [-0.25, -0.2) is 9.97 Å². The van der Waals surface area contributed by atoms with Crippen molar-refractivity contribution in [3.63, 3.8) is 0 Å². The van der Waals surface area contributed by atoms with Crippen molar-refractivity contribution in [2.75, 3.05) is 18.2 Å². The molecular weight excluding hydrogens is 436 g/mol. The van der Waals surface area contributed by atoms with Crippen LogP contribution in [0.2, 0.25) is 0 Å². The molecule has 2 amide bonds. The van der Waals surface area contributed by atoms with Crippen molar-refractivity contribution in [3.8, 4) is 5.75 Å². The van der Waals surface area contributed by atoms with E-state index in [1.165, 1.54) is 11.8 Å². The van der Waals surface area contributed by atoms with Crippen LogP contribution in [0.5, 0.6) is 5.75 Å². The summed E-state index contributed by atoms with van der Waals surface area (Å²) in [4.78, 5) is 36.6. The number of nitrogens with one attached hydrogen (secondary N) is 1. The first-order chi connectivity index (χ1) is 15.9. The molecule has 1 atom stereocenters. The lowest BCUT2D eigenvalue weighted by Gasteiger charge is -2.28. The predicted molar refractivity (Wildman–Crippen MR) is 130 cm³/mol. The molecule has 3 rings (SSSR count). The number of carbonyl (C=O) groups is 2. The van der Waals surface area contributed by atoms with Gasteiger partial charge in [0.05, 0.1) is 12.9 Å². The van der Waals surface area contributed by atoms with Gasteiger partial charge in [-0.2, -0.15) is 0 Å². The van der Waals surface area contributed by atoms with E-state index < -0.39 is 6.04 Å². The van der Waals surface area contributed by atoms with Crippen LogP contribution in [0.1, 0.15) is 23.9 Å². The molecule has 0 saturated carbocycles. The van der Waals surface area contributed by atoms with Gasteiger partial charge < -0.3 is 15.0 Å². The number of hydrogen-bond acceptors (Lipinski definition) is 6. The standard InChI is InChI=1S/C25H28N4O3S/c1-17-14-18(2)27-25(26-17)33-16-23(30)29(15-20-8-6-5-7-9-20)19(3)24(31)28-21-10-12-22(32-4)13-11-21/h5-14,19H,15-16H2,1-4H3,(H,28,31). The molecule has 0 bridgehead atoms. The number of amides is 2. The minimum atomic E-state index is -0.680. The molecule has 33 heavy (non-hydrogen) atoms. The van der Waals surface area contributed by atoms with Crippen LogP contribution in [-0.4, -0.2) is 45.6 Å². The summed E-state index contributed by atoms with van der Waals surface area (Å²) >= 11 is 1.27. The van der Waals surface area contributed by atoms with Crippen LogP contribution in [0, 0.1) is 13.8 Å². The number of thioether (sulfide) groups is 1. The van der Waals surface area contributed by atoms with Gasteiger partial charge in [0.2, 0.25) is 11.8 Å². The second-order valence-electron chi connectivity index (χ2n) is 7.62. The minimum Gasteiger partial charge on any atom is -0.497 e. The summed E-state index contributed by atoms with van der Waals surface area (Å²) in [7, 11) is 1.59. The Morgan fingerprint density at radius 1 is 1.03 bits per heavy atom. The Morgan fingerprint density at radius 3 is 2.27 bits per heavy atom. The zero-order valence-electron chi connectivity index (χ0n) is 19.2. The quantitative estimate of drug-likeness (QED) is 0.376. The summed E-state index contributed by atoms with van der Waals surface area (Å²) in [6, 6.07) is 17.9. The Kier molecular flexibility index (Phi) is 8.43. The highest BCUT2D eigenvalue weighted by atomic mass is 32.2. The number of nitrogens with zero attached hydrogens (tertiary/aromatic N) is 3. The summed E-state index contributed by atoms with van der Waals surface area (Å²) in [5, 5.41) is 3.43. The molecule has 8 heteroatoms. The molecule has 0 fully saturated rings. The third-order valence-corrected chi connectivity index (χ3v) is 5.84. The van der Waals surface area contributed by atoms with E-state index >= 15 is 0 Å². The predicted octanol–water partition coefficient (Wildman–Crippen LogP) is 4.25. The van der Waals surface area contributed by atoms with Gasteiger partial charge in [-0.1, -0.05) is 42.1 Å². The zero-order chi connectivity index (χ0) is 23.8. The number of rotatable bonds is 9. The third-order valence-electron chi connectivity index (χ3n) is 5.01. The average Bonchev–Trinajstić information content (AvgIpc) is 2.81. The summed E-state index contributed by atoms with van der Waals surface area (Å²) in [5.41, 5.74) is 3.29. The van der Waals surface area contributed by atoms with Crippen LogP contribution in [0.25, 0.3) is 0 Å². The van der Waals surface area contributed by atoms with E-state index in [0.29, 0.717) is 23.1 Å². The molecule has 0 aliphatic rings. The van der Waals surface area contributed by atoms with Gasteiger partial charge in [0, 0.05) is 23.6 Å². The van der Waals surface area contributed by atoms with Crippen molar-refractivity contribution in [3.05, 3.63) is 77.6 Å². The number of anilines is 1. The topological polar surface area (TPSA) is 84.4 Å². The summed E-state index contributed by atoms with van der Waals surface area (Å²) < 4.78 is 5.16. The van der Waals surface area contributed by atoms with Crippen LogP contribution < -0.4 is 10.1 Å². The first-order valence-corrected chi connectivity index (χ1v) is 11.6. The third kappa shape index (κ3) is 7.05. The SMILES string of the molecule is COc1ccc(NC(=O)C(C)N(Cc2ccccc2)C(=O)CSc2nc(C)cc(C)n2)cc1. The summed E-state index contributed by atoms with van der Waals surface area (Å²) in [6.07, 6.45) is 0. The summed E-state index contributed by atoms with van der Waals surface area (Å²) in [5.74, 6) is 0.407. The van der Waals surface area contributed by atoms with Gasteiger partial charge in [-0.3, -0.25) is 9.59 Å². The Labute approximate surface area is 198 Å². The number of benzene rings is 2. The Hall–Kier alpha value is -3.39. The van der Waals surface area contributed by atoms with Crippen molar-refractivity contribution >= 4 is 29.3 Å². The highest BCUT2D eigenvalue weighted by molar-refractivity contribution is 7.99. The fourth-order valence-electron chi connectivity index (χ4n) is 3.25. The lowest BCUT2D eigenvalue weighted by molar-refractivity contribution is -0.136. The molecule has 3 aromatic rings. The average molecular weight is 465 g/mol. The molecule has 0 aliphatic carbocycles. The normalized spacial score (nSPS) is 11.5. The monoisotopic (exact) mass is 464 g/mol. The van der Waals surface area contributed by atoms with E-state index in [2.05, 4.69) is 15.3 Å². The molecule has 1 unspecified atom stereocenters. The van der Waals surface area contributed by atoms with Crippen molar-refractivity contribution in [2.24, 2.45) is 0 Å². The molecule has 1 heterocycles. The Balaban J connectivity index is 1.73. The fourth-order valence-corrected chi connectivity index (χ4v) is 4.09. The first-order valence-electron chi connectivity index (χ1n) is 10.6. The lowest BCUT2D eigenvalue weighted by atomic mass is 10.1. The highest BCUT2D eigenvalue weighted by Gasteiger charge is 2.26. The molecule has 1 aromatic heterocycles. The van der Waals surface area contributed by atoms with Gasteiger partial charge in [0.25, 0.3) is 0 Å². The van der Waals surface area contributed by atoms with Crippen LogP contribution in [0.15, 0.2) is 65.8 Å². The number of ether oxygens (including phenoxy) is 1. The second-order valence-corrected chi connectivity index (χ2v) is 8.57. The molecule has 2 aromatic carbocycles. The maximum Gasteiger partial charge on any atom is 0.246 e. The molecule has 1 N–H and O–H groups in total. The molecule has 0 spiro atoms. The van der Waals surface area contributed by atoms with Crippen LogP contribution in [0.3, 0.4) is 0 Å². The number of aryl methyl sites for hydroxylation is 2. The fraction of sp³-hybridized carbons (Fsp3) is 0.280. The minimum absolute atomic E-state index is 0.135. The van der Waals surface area contributed by atoms with Gasteiger partial charge in [-0.15, -0.1) is 0 Å². The van der Waals surface area contributed by atoms with Gasteiger partial charge >= 0.3 is 0 Å². The van der Waals surface area contributed by atoms with E-state index in [1.54, 1.807) is 43.2 Å². The number of hydrogen-bond donors (Lipinski definition) is 1. The molecule has 0 aliphatic heterocycles. The first kappa shape index (κ1) is 24.3. The van der Waals surface area contributed by atoms with Crippen molar-refractivity contribution in [1.29, 1.82) is 0 Å². The molecule has 172 valence electrons. The van der Waals surface area contributed by atoms with Crippen molar-refractivity contribution in [2.45, 2.75) is 38.5 Å². The van der Waals surface area contributed by atoms with E-state index in [4.69, 9.17) is 4.74 Å². The Bertz CT molecular complexity index is 1070. The maximum atomic E-state index is 13.2. The molecule has 0 radical (unpaired) electrons. The van der Waals surface area contributed by atoms with Crippen LogP contribution >= 0.6 is 11.8 Å². The zero-order valence-corrected chi connectivity index (χ0v) is 20.1. The Morgan fingerprint density at radius 2 is 1.67 bits per heavy atom. The molecule has 7 nitrogen and oxygen atoms in total. The number of aromatic nitrogens is 2. The summed E-state index contributed by atoms with van der Waals surface area (Å²) in [6.45, 7) is 5.85. The number of carbonyl (C=O) groups excluding carboxylic acids is 2. The maximum absolute atomic E-state index is 13.2. The van der Waals surface area contributed by atoms with Crippen molar-refractivity contribution < 1.29 is 14.3 Å². The highest BCUT2D eigenvalue weighted by Crippen LogP contribution is 2.19. The van der Waals surface area contributed by atoms with E-state index in [1.807, 2.05) is 50.2 Å². The largest absolute Gasteiger partial charge is 0.497 e. The van der Waals surface area contributed by atoms with Crippen molar-refractivity contribution in [1.82, 2.24) is 14.9 Å². The number of methoxy groups -OCH3 is 1. The van der Waals surface area contributed by atoms with Gasteiger partial charge in [0.15, 0.2) is 5.16 Å². The second kappa shape index (κ2) is 11.5. The van der Waals surface area contributed by atoms with Gasteiger partial charge in [-0.05, 0) is 56.7 Å². The lowest BCUT2D eigenvalue weighted by Crippen LogP contribution is -2.46. The molecule has 0 saturated heterocycles. The van der Waals surface area contributed by atoms with E-state index in [0.717, 1.165) is 17.0 Å². The van der Waals surface area contributed by atoms with E-state index in [-0.39, 0.29) is 17.6 Å². The van der Waals surface area contributed by atoms with Gasteiger partial charge in [0.1, 0.15) is 11.8 Å². The van der Waals surface area contributed by atoms with Crippen LogP contribution in [0.4, 0.5) is 5.69 Å². The molecular formula is C25H28N4O3S. The van der Waals surface area contributed by atoms with E-state index in [9.17, 15) is 9.59 Å². The smallest absolute Gasteiger partial charge is 0.246 e. The van der Waals surface area contributed by atoms with Crippen LogP contribution in [-0.2, 0) is 16.1 Å².